The quantitative estimate of drug-likeness (QED) is 0.436. The number of quaternary nitrogens is 1. The normalized spacial score (nSPS) is 13.2. The highest BCUT2D eigenvalue weighted by molar-refractivity contribution is 4.99. The van der Waals surface area contributed by atoms with Gasteiger partial charge in [-0.25, -0.2) is 0 Å². The second-order valence-corrected chi connectivity index (χ2v) is 3.35. The third kappa shape index (κ3) is 4.28. The topological polar surface area (TPSA) is 0 Å². The fraction of sp³-hybridized carbons (Fsp3) is 0.667. The van der Waals surface area contributed by atoms with Gasteiger partial charge in [-0.3, -0.25) is 4.48 Å². The number of hydrogen-bond donors (Lipinski definition) is 0. The van der Waals surface area contributed by atoms with E-state index in [9.17, 15) is 0 Å². The van der Waals surface area contributed by atoms with Gasteiger partial charge in [-0.2, -0.15) is 0 Å². The van der Waals surface area contributed by atoms with Crippen molar-refractivity contribution in [2.45, 2.75) is 34.1 Å². The van der Waals surface area contributed by atoms with Gasteiger partial charge in [-0.15, -0.1) is 0 Å². The molecule has 0 unspecified atom stereocenters. The van der Waals surface area contributed by atoms with Crippen molar-refractivity contribution in [2.24, 2.45) is 0 Å². The molecule has 0 atom stereocenters. The third-order valence-corrected chi connectivity index (χ3v) is 2.77. The minimum atomic E-state index is 1.09. The van der Waals surface area contributed by atoms with E-state index < -0.39 is 0 Å². The molecule has 0 aliphatic carbocycles. The Bertz CT molecular complexity index is 156. The van der Waals surface area contributed by atoms with Crippen molar-refractivity contribution >= 4 is 0 Å². The van der Waals surface area contributed by atoms with E-state index >= 15 is 0 Å². The molecule has 0 radical (unpaired) electrons. The maximum atomic E-state index is 2.31. The van der Waals surface area contributed by atoms with Crippen LogP contribution in [-0.4, -0.2) is 24.1 Å². The van der Waals surface area contributed by atoms with Gasteiger partial charge in [-0.05, 0) is 33.3 Å². The Morgan fingerprint density at radius 3 is 1.77 bits per heavy atom. The zero-order valence-corrected chi connectivity index (χ0v) is 9.59. The maximum Gasteiger partial charge on any atom is 0.0958 e. The fourth-order valence-electron chi connectivity index (χ4n) is 1.43. The van der Waals surface area contributed by atoms with Gasteiger partial charge < -0.3 is 0 Å². The molecule has 0 heterocycles. The number of nitrogens with zero attached hydrogens (tertiary/aromatic N) is 1. The van der Waals surface area contributed by atoms with Gasteiger partial charge in [-0.1, -0.05) is 19.1 Å². The minimum absolute atomic E-state index is 1.09. The molecule has 0 saturated carbocycles. The molecule has 0 fully saturated rings. The molecular formula is C12H24N+. The lowest BCUT2D eigenvalue weighted by Gasteiger charge is -2.31. The van der Waals surface area contributed by atoms with Crippen molar-refractivity contribution in [3.8, 4) is 0 Å². The molecule has 0 rings (SSSR count). The van der Waals surface area contributed by atoms with Crippen molar-refractivity contribution < 1.29 is 4.48 Å². The summed E-state index contributed by atoms with van der Waals surface area (Å²) >= 11 is 0. The van der Waals surface area contributed by atoms with Crippen molar-refractivity contribution in [2.75, 3.05) is 19.6 Å². The number of allylic oxidation sites excluding steroid dienone is 3. The van der Waals surface area contributed by atoms with Crippen molar-refractivity contribution in [3.05, 3.63) is 24.4 Å². The summed E-state index contributed by atoms with van der Waals surface area (Å²) in [6.45, 7) is 12.5. The summed E-state index contributed by atoms with van der Waals surface area (Å²) in [4.78, 5) is 0. The molecule has 76 valence electrons. The van der Waals surface area contributed by atoms with Crippen LogP contribution in [-0.2, 0) is 0 Å². The molecule has 0 bridgehead atoms. The number of rotatable bonds is 6. The van der Waals surface area contributed by atoms with E-state index in [-0.39, 0.29) is 0 Å². The van der Waals surface area contributed by atoms with Crippen LogP contribution in [0.3, 0.4) is 0 Å². The van der Waals surface area contributed by atoms with Gasteiger partial charge in [0.15, 0.2) is 0 Å². The average molecular weight is 182 g/mol. The van der Waals surface area contributed by atoms with Crippen LogP contribution in [0.25, 0.3) is 0 Å². The molecular weight excluding hydrogens is 158 g/mol. The van der Waals surface area contributed by atoms with E-state index in [1.165, 1.54) is 19.6 Å². The molecule has 0 aromatic heterocycles. The van der Waals surface area contributed by atoms with Crippen LogP contribution in [0.15, 0.2) is 24.4 Å². The second kappa shape index (κ2) is 6.90. The van der Waals surface area contributed by atoms with Gasteiger partial charge in [0, 0.05) is 0 Å². The van der Waals surface area contributed by atoms with Gasteiger partial charge in [0.05, 0.1) is 25.8 Å². The van der Waals surface area contributed by atoms with E-state index in [4.69, 9.17) is 0 Å². The number of hydrogen-bond acceptors (Lipinski definition) is 0. The van der Waals surface area contributed by atoms with Crippen LogP contribution in [0.4, 0.5) is 0 Å². The largest absolute Gasteiger partial charge is 0.298 e. The lowest BCUT2D eigenvalue weighted by Crippen LogP contribution is -2.41. The Morgan fingerprint density at radius 1 is 0.846 bits per heavy atom. The highest BCUT2D eigenvalue weighted by atomic mass is 15.3. The highest BCUT2D eigenvalue weighted by Crippen LogP contribution is 2.06. The average Bonchev–Trinajstić information content (AvgIpc) is 2.20. The monoisotopic (exact) mass is 182 g/mol. The predicted octanol–water partition coefficient (Wildman–Crippen LogP) is 3.34. The Kier molecular flexibility index (Phi) is 6.61. The van der Waals surface area contributed by atoms with Crippen LogP contribution >= 0.6 is 0 Å². The smallest absolute Gasteiger partial charge is 0.0958 e. The summed E-state index contributed by atoms with van der Waals surface area (Å²) < 4.78 is 1.09. The zero-order valence-electron chi connectivity index (χ0n) is 9.59. The van der Waals surface area contributed by atoms with Crippen molar-refractivity contribution in [1.82, 2.24) is 0 Å². The van der Waals surface area contributed by atoms with Crippen molar-refractivity contribution in [1.29, 1.82) is 0 Å². The first kappa shape index (κ1) is 12.4. The first-order chi connectivity index (χ1) is 6.24. The summed E-state index contributed by atoms with van der Waals surface area (Å²) in [5, 5.41) is 0. The van der Waals surface area contributed by atoms with E-state index in [0.29, 0.717) is 0 Å². The third-order valence-electron chi connectivity index (χ3n) is 2.77. The van der Waals surface area contributed by atoms with Crippen LogP contribution < -0.4 is 0 Å². The molecule has 1 nitrogen and oxygen atoms in total. The summed E-state index contributed by atoms with van der Waals surface area (Å²) in [6.07, 6.45) is 9.95. The fourth-order valence-corrected chi connectivity index (χ4v) is 1.43. The summed E-state index contributed by atoms with van der Waals surface area (Å²) in [7, 11) is 0. The Hall–Kier alpha value is -0.560. The molecule has 0 aromatic carbocycles. The Labute approximate surface area is 83.3 Å². The standard InChI is InChI=1S/C12H24N/c1-5-9-10-11-12-13(6-2,7-3)8-4/h9-12H,5-8H2,1-4H3/q+1. The SMILES string of the molecule is CCC=CC=C[N+](CC)(CC)CC. The van der Waals surface area contributed by atoms with E-state index in [1.54, 1.807) is 0 Å². The zero-order chi connectivity index (χ0) is 10.2. The molecule has 0 aliphatic rings. The van der Waals surface area contributed by atoms with Crippen molar-refractivity contribution in [3.63, 3.8) is 0 Å². The molecule has 0 amide bonds. The molecule has 1 heteroatoms. The molecule has 13 heavy (non-hydrogen) atoms. The molecule has 0 aromatic rings. The van der Waals surface area contributed by atoms with Gasteiger partial charge >= 0.3 is 0 Å². The van der Waals surface area contributed by atoms with Gasteiger partial charge in [0.25, 0.3) is 0 Å². The summed E-state index contributed by atoms with van der Waals surface area (Å²) in [5.74, 6) is 0. The molecule has 0 spiro atoms. The van der Waals surface area contributed by atoms with E-state index in [0.717, 1.165) is 10.9 Å². The summed E-state index contributed by atoms with van der Waals surface area (Å²) in [5.41, 5.74) is 0. The van der Waals surface area contributed by atoms with E-state index in [1.807, 2.05) is 0 Å². The lowest BCUT2D eigenvalue weighted by atomic mass is 10.3. The van der Waals surface area contributed by atoms with E-state index in [2.05, 4.69) is 52.1 Å². The first-order valence-electron chi connectivity index (χ1n) is 5.44. The van der Waals surface area contributed by atoms with Crippen LogP contribution in [0.2, 0.25) is 0 Å². The Morgan fingerprint density at radius 2 is 1.38 bits per heavy atom. The Balaban J connectivity index is 4.23. The molecule has 0 aliphatic heterocycles. The molecule has 0 saturated heterocycles. The van der Waals surface area contributed by atoms with Gasteiger partial charge in [0.1, 0.15) is 0 Å². The maximum absolute atomic E-state index is 2.31. The van der Waals surface area contributed by atoms with Crippen LogP contribution in [0, 0.1) is 0 Å². The predicted molar refractivity (Wildman–Crippen MR) is 60.5 cm³/mol. The van der Waals surface area contributed by atoms with Gasteiger partial charge in [0.2, 0.25) is 0 Å². The minimum Gasteiger partial charge on any atom is -0.298 e. The van der Waals surface area contributed by atoms with Crippen LogP contribution in [0.5, 0.6) is 0 Å². The lowest BCUT2D eigenvalue weighted by molar-refractivity contribution is -0.874. The highest BCUT2D eigenvalue weighted by Gasteiger charge is 2.15. The summed E-state index contributed by atoms with van der Waals surface area (Å²) in [6, 6.07) is 0. The van der Waals surface area contributed by atoms with Crippen LogP contribution in [0.1, 0.15) is 34.1 Å². The first-order valence-corrected chi connectivity index (χ1v) is 5.44. The second-order valence-electron chi connectivity index (χ2n) is 3.35. The molecule has 0 N–H and O–H groups in total.